The van der Waals surface area contributed by atoms with Crippen LogP contribution in [-0.2, 0) is 12.8 Å². The predicted octanol–water partition coefficient (Wildman–Crippen LogP) is 12.4. The van der Waals surface area contributed by atoms with E-state index in [1.54, 1.807) is 0 Å². The number of nitrogens with zero attached hydrogens (tertiary/aromatic N) is 4. The zero-order valence-electron chi connectivity index (χ0n) is 28.1. The molecule has 238 valence electrons. The number of aryl methyl sites for hydroxylation is 2. The fraction of sp³-hybridized carbons (Fsp3) is 0.0870. The summed E-state index contributed by atoms with van der Waals surface area (Å²) in [6.45, 7) is 4.46. The SMILES string of the molecule is CCc1cc(N(c2ccccc2)c2ccc(C#N)cc2)c2ccc3c(CC)cc(N(c4ccccc4)c4ccc(C#N)cc4)c4ccc1c2c34. The maximum Gasteiger partial charge on any atom is 0.0991 e. The lowest BCUT2D eigenvalue weighted by atomic mass is 9.86. The van der Waals surface area contributed by atoms with Crippen molar-refractivity contribution < 1.29 is 0 Å². The molecule has 0 spiro atoms. The molecule has 0 fully saturated rings. The normalized spacial score (nSPS) is 11.1. The summed E-state index contributed by atoms with van der Waals surface area (Å²) in [6.07, 6.45) is 1.76. The van der Waals surface area contributed by atoms with Crippen LogP contribution < -0.4 is 9.80 Å². The standard InChI is InChI=1S/C46H34N4/c1-3-33-27-43(49(35-11-7-5-8-12-35)37-19-15-31(29-47)16-20-37)41-26-24-40-34(4-2)28-44(42-25-23-39(33)45(41)46(40)42)50(36-13-9-6-10-14-36)38-21-17-32(30-48)18-22-38/h5-28H,3-4H2,1-2H3. The molecule has 0 atom stereocenters. The van der Waals surface area contributed by atoms with Crippen molar-refractivity contribution in [1.82, 2.24) is 0 Å². The third kappa shape index (κ3) is 5.07. The predicted molar refractivity (Wildman–Crippen MR) is 208 cm³/mol. The molecule has 4 nitrogen and oxygen atoms in total. The molecule has 8 rings (SSSR count). The Kier molecular flexibility index (Phi) is 7.84. The molecule has 0 aliphatic rings. The minimum atomic E-state index is 0.635. The zero-order valence-corrected chi connectivity index (χ0v) is 28.1. The molecule has 0 radical (unpaired) electrons. The van der Waals surface area contributed by atoms with Crippen molar-refractivity contribution in [3.8, 4) is 12.1 Å². The molecule has 0 N–H and O–H groups in total. The van der Waals surface area contributed by atoms with Crippen LogP contribution in [0.5, 0.6) is 0 Å². The van der Waals surface area contributed by atoms with Crippen molar-refractivity contribution in [1.29, 1.82) is 10.5 Å². The van der Waals surface area contributed by atoms with Crippen LogP contribution >= 0.6 is 0 Å². The summed E-state index contributed by atoms with van der Waals surface area (Å²) in [6, 6.07) is 55.1. The highest BCUT2D eigenvalue weighted by molar-refractivity contribution is 6.29. The van der Waals surface area contributed by atoms with E-state index >= 15 is 0 Å². The molecule has 0 aliphatic heterocycles. The summed E-state index contributed by atoms with van der Waals surface area (Å²) in [7, 11) is 0. The van der Waals surface area contributed by atoms with Gasteiger partial charge in [-0.1, -0.05) is 74.5 Å². The molecule has 50 heavy (non-hydrogen) atoms. The monoisotopic (exact) mass is 642 g/mol. The van der Waals surface area contributed by atoms with Crippen LogP contribution in [0.25, 0.3) is 32.3 Å². The van der Waals surface area contributed by atoms with Gasteiger partial charge in [0.2, 0.25) is 0 Å². The Morgan fingerprint density at radius 2 is 0.760 bits per heavy atom. The topological polar surface area (TPSA) is 54.1 Å². The Bertz CT molecular complexity index is 2380. The second-order valence-electron chi connectivity index (χ2n) is 12.5. The second-order valence-corrected chi connectivity index (χ2v) is 12.5. The highest BCUT2D eigenvalue weighted by atomic mass is 15.1. The average Bonchev–Trinajstić information content (AvgIpc) is 3.19. The molecule has 4 heteroatoms. The van der Waals surface area contributed by atoms with Gasteiger partial charge in [0, 0.05) is 33.5 Å². The van der Waals surface area contributed by atoms with Gasteiger partial charge in [-0.05, 0) is 130 Å². The van der Waals surface area contributed by atoms with Crippen LogP contribution in [0.1, 0.15) is 36.1 Å². The van der Waals surface area contributed by atoms with Gasteiger partial charge in [0.1, 0.15) is 0 Å². The van der Waals surface area contributed by atoms with Crippen LogP contribution in [0.3, 0.4) is 0 Å². The molecule has 0 saturated heterocycles. The smallest absolute Gasteiger partial charge is 0.0991 e. The molecular formula is C46H34N4. The Morgan fingerprint density at radius 3 is 1.10 bits per heavy atom. The van der Waals surface area contributed by atoms with Gasteiger partial charge in [-0.3, -0.25) is 0 Å². The minimum absolute atomic E-state index is 0.635. The van der Waals surface area contributed by atoms with Gasteiger partial charge in [-0.2, -0.15) is 10.5 Å². The van der Waals surface area contributed by atoms with E-state index in [0.717, 1.165) is 47.0 Å². The highest BCUT2D eigenvalue weighted by Crippen LogP contribution is 2.49. The van der Waals surface area contributed by atoms with Gasteiger partial charge < -0.3 is 9.80 Å². The van der Waals surface area contributed by atoms with Crippen LogP contribution in [0, 0.1) is 22.7 Å². The summed E-state index contributed by atoms with van der Waals surface area (Å²) in [4.78, 5) is 4.64. The Morgan fingerprint density at radius 1 is 0.420 bits per heavy atom. The minimum Gasteiger partial charge on any atom is -0.310 e. The molecule has 0 bridgehead atoms. The first-order valence-corrected chi connectivity index (χ1v) is 17.1. The number of nitriles is 2. The lowest BCUT2D eigenvalue weighted by molar-refractivity contribution is 1.15. The van der Waals surface area contributed by atoms with Gasteiger partial charge in [0.05, 0.1) is 34.6 Å². The van der Waals surface area contributed by atoms with Crippen LogP contribution in [-0.4, -0.2) is 0 Å². The van der Waals surface area contributed by atoms with Gasteiger partial charge in [-0.25, -0.2) is 0 Å². The maximum atomic E-state index is 9.56. The largest absolute Gasteiger partial charge is 0.310 e. The fourth-order valence-corrected chi connectivity index (χ4v) is 7.43. The lowest BCUT2D eigenvalue weighted by Gasteiger charge is -2.30. The molecule has 8 aromatic carbocycles. The van der Waals surface area contributed by atoms with Gasteiger partial charge in [-0.15, -0.1) is 0 Å². The fourth-order valence-electron chi connectivity index (χ4n) is 7.43. The highest BCUT2D eigenvalue weighted by Gasteiger charge is 2.24. The van der Waals surface area contributed by atoms with Crippen molar-refractivity contribution in [3.05, 3.63) is 168 Å². The van der Waals surface area contributed by atoms with E-state index in [1.165, 1.54) is 43.4 Å². The first-order chi connectivity index (χ1) is 24.6. The number of para-hydroxylation sites is 2. The molecule has 0 heterocycles. The Hall–Kier alpha value is -6.62. The van der Waals surface area contributed by atoms with Crippen molar-refractivity contribution in [2.45, 2.75) is 26.7 Å². The molecule has 0 unspecified atom stereocenters. The van der Waals surface area contributed by atoms with E-state index in [-0.39, 0.29) is 0 Å². The zero-order chi connectivity index (χ0) is 34.2. The third-order valence-corrected chi connectivity index (χ3v) is 9.81. The summed E-state index contributed by atoms with van der Waals surface area (Å²) in [5.74, 6) is 0. The molecule has 0 saturated carbocycles. The van der Waals surface area contributed by atoms with E-state index in [9.17, 15) is 10.5 Å². The first-order valence-electron chi connectivity index (χ1n) is 17.1. The Balaban J connectivity index is 1.47. The van der Waals surface area contributed by atoms with Gasteiger partial charge in [0.15, 0.2) is 0 Å². The van der Waals surface area contributed by atoms with E-state index in [4.69, 9.17) is 0 Å². The third-order valence-electron chi connectivity index (χ3n) is 9.81. The molecule has 8 aromatic rings. The van der Waals surface area contributed by atoms with E-state index in [2.05, 4.69) is 121 Å². The average molecular weight is 643 g/mol. The quantitative estimate of drug-likeness (QED) is 0.155. The first kappa shape index (κ1) is 30.7. The van der Waals surface area contributed by atoms with Crippen LogP contribution in [0.2, 0.25) is 0 Å². The van der Waals surface area contributed by atoms with Crippen LogP contribution in [0.15, 0.2) is 146 Å². The van der Waals surface area contributed by atoms with E-state index < -0.39 is 0 Å². The van der Waals surface area contributed by atoms with Crippen molar-refractivity contribution >= 4 is 66.4 Å². The molecule has 0 amide bonds. The number of anilines is 6. The second kappa shape index (κ2) is 12.8. The van der Waals surface area contributed by atoms with Crippen molar-refractivity contribution in [2.75, 3.05) is 9.80 Å². The van der Waals surface area contributed by atoms with Crippen molar-refractivity contribution in [3.63, 3.8) is 0 Å². The van der Waals surface area contributed by atoms with E-state index in [1.807, 2.05) is 60.7 Å². The van der Waals surface area contributed by atoms with Gasteiger partial charge >= 0.3 is 0 Å². The maximum absolute atomic E-state index is 9.56. The lowest BCUT2D eigenvalue weighted by Crippen LogP contribution is -2.12. The summed E-state index contributed by atoms with van der Waals surface area (Å²) < 4.78 is 0. The number of hydrogen-bond acceptors (Lipinski definition) is 4. The molecule has 0 aliphatic carbocycles. The Labute approximate surface area is 292 Å². The number of rotatable bonds is 8. The summed E-state index contributed by atoms with van der Waals surface area (Å²) in [5, 5.41) is 26.5. The van der Waals surface area contributed by atoms with E-state index in [0.29, 0.717) is 11.1 Å². The van der Waals surface area contributed by atoms with Crippen molar-refractivity contribution in [2.24, 2.45) is 0 Å². The van der Waals surface area contributed by atoms with Crippen LogP contribution in [0.4, 0.5) is 34.1 Å². The molecular weight excluding hydrogens is 609 g/mol. The molecule has 0 aromatic heterocycles. The number of hydrogen-bond donors (Lipinski definition) is 0. The van der Waals surface area contributed by atoms with Gasteiger partial charge in [0.25, 0.3) is 0 Å². The number of benzene rings is 8. The summed E-state index contributed by atoms with van der Waals surface area (Å²) >= 11 is 0. The summed E-state index contributed by atoms with van der Waals surface area (Å²) in [5.41, 5.74) is 10.2.